The molecular weight excluding hydrogens is 318 g/mol. The van der Waals surface area contributed by atoms with Gasteiger partial charge in [0.2, 0.25) is 0 Å². The molecule has 0 spiro atoms. The monoisotopic (exact) mass is 333 g/mol. The summed E-state index contributed by atoms with van der Waals surface area (Å²) in [6.45, 7) is 0.490. The number of rotatable bonds is 4. The molecule has 104 valence electrons. The van der Waals surface area contributed by atoms with Crippen LogP contribution in [0.25, 0.3) is 0 Å². The van der Waals surface area contributed by atoms with Gasteiger partial charge in [0, 0.05) is 37.0 Å². The summed E-state index contributed by atoms with van der Waals surface area (Å²) < 4.78 is 0.855. The van der Waals surface area contributed by atoms with Crippen molar-refractivity contribution in [3.05, 3.63) is 58.3 Å². The first-order valence-electron chi connectivity index (χ1n) is 6.22. The standard InChI is InChI=1S/C15H16BrN3O/c1-19(2)13-6-3-11(4-7-13)9-18-15(20)14-8-5-12(16)10-17-14/h3-8,10H,9H2,1-2H3,(H,18,20). The van der Waals surface area contributed by atoms with Crippen LogP contribution in [0.3, 0.4) is 0 Å². The number of nitrogens with one attached hydrogen (secondary N) is 1. The molecule has 0 fully saturated rings. The Kier molecular flexibility index (Phi) is 4.74. The van der Waals surface area contributed by atoms with E-state index in [1.54, 1.807) is 18.3 Å². The van der Waals surface area contributed by atoms with Crippen molar-refractivity contribution in [3.63, 3.8) is 0 Å². The first-order chi connectivity index (χ1) is 9.56. The molecule has 2 aromatic rings. The van der Waals surface area contributed by atoms with Crippen LogP contribution in [0.5, 0.6) is 0 Å². The van der Waals surface area contributed by atoms with Crippen molar-refractivity contribution in [1.29, 1.82) is 0 Å². The molecule has 0 aliphatic carbocycles. The van der Waals surface area contributed by atoms with Crippen LogP contribution in [0.15, 0.2) is 47.1 Å². The Hall–Kier alpha value is -1.88. The number of anilines is 1. The van der Waals surface area contributed by atoms with Crippen LogP contribution in [-0.4, -0.2) is 25.0 Å². The minimum absolute atomic E-state index is 0.172. The van der Waals surface area contributed by atoms with E-state index in [9.17, 15) is 4.79 Å². The molecule has 4 nitrogen and oxygen atoms in total. The maximum atomic E-state index is 11.9. The van der Waals surface area contributed by atoms with E-state index in [1.807, 2.05) is 43.3 Å². The summed E-state index contributed by atoms with van der Waals surface area (Å²) in [6.07, 6.45) is 1.61. The average molecular weight is 334 g/mol. The highest BCUT2D eigenvalue weighted by Gasteiger charge is 2.06. The quantitative estimate of drug-likeness (QED) is 0.935. The van der Waals surface area contributed by atoms with Crippen molar-refractivity contribution in [3.8, 4) is 0 Å². The predicted molar refractivity (Wildman–Crippen MR) is 83.9 cm³/mol. The van der Waals surface area contributed by atoms with Gasteiger partial charge in [-0.05, 0) is 45.8 Å². The number of hydrogen-bond acceptors (Lipinski definition) is 3. The van der Waals surface area contributed by atoms with Crippen LogP contribution in [0.1, 0.15) is 16.1 Å². The van der Waals surface area contributed by atoms with E-state index >= 15 is 0 Å². The minimum Gasteiger partial charge on any atom is -0.378 e. The number of halogens is 1. The summed E-state index contributed by atoms with van der Waals surface area (Å²) in [4.78, 5) is 18.0. The summed E-state index contributed by atoms with van der Waals surface area (Å²) in [5.74, 6) is -0.172. The zero-order chi connectivity index (χ0) is 14.5. The second-order valence-electron chi connectivity index (χ2n) is 4.61. The second kappa shape index (κ2) is 6.52. The highest BCUT2D eigenvalue weighted by molar-refractivity contribution is 9.10. The van der Waals surface area contributed by atoms with Gasteiger partial charge in [-0.15, -0.1) is 0 Å². The molecule has 0 aliphatic rings. The largest absolute Gasteiger partial charge is 0.378 e. The van der Waals surface area contributed by atoms with Gasteiger partial charge in [0.05, 0.1) is 0 Å². The van der Waals surface area contributed by atoms with Crippen LogP contribution < -0.4 is 10.2 Å². The SMILES string of the molecule is CN(C)c1ccc(CNC(=O)c2ccc(Br)cn2)cc1. The van der Waals surface area contributed by atoms with E-state index in [1.165, 1.54) is 0 Å². The van der Waals surface area contributed by atoms with Gasteiger partial charge >= 0.3 is 0 Å². The number of nitrogens with zero attached hydrogens (tertiary/aromatic N) is 2. The first-order valence-corrected chi connectivity index (χ1v) is 7.01. The van der Waals surface area contributed by atoms with Crippen LogP contribution in [0.2, 0.25) is 0 Å². The fourth-order valence-corrected chi connectivity index (χ4v) is 1.93. The first kappa shape index (κ1) is 14.5. The molecule has 0 atom stereocenters. The predicted octanol–water partition coefficient (Wildman–Crippen LogP) is 2.84. The number of hydrogen-bond donors (Lipinski definition) is 1. The zero-order valence-corrected chi connectivity index (χ0v) is 13.0. The molecule has 0 bridgehead atoms. The molecule has 0 saturated carbocycles. The zero-order valence-electron chi connectivity index (χ0n) is 11.4. The van der Waals surface area contributed by atoms with Gasteiger partial charge < -0.3 is 10.2 Å². The molecular formula is C15H16BrN3O. The van der Waals surface area contributed by atoms with E-state index < -0.39 is 0 Å². The van der Waals surface area contributed by atoms with E-state index in [0.717, 1.165) is 15.7 Å². The van der Waals surface area contributed by atoms with Crippen LogP contribution >= 0.6 is 15.9 Å². The number of amides is 1. The summed E-state index contributed by atoms with van der Waals surface area (Å²) in [7, 11) is 3.99. The number of carbonyl (C=O) groups is 1. The van der Waals surface area contributed by atoms with Gasteiger partial charge in [0.25, 0.3) is 5.91 Å². The summed E-state index contributed by atoms with van der Waals surface area (Å²) >= 11 is 3.29. The molecule has 1 N–H and O–H groups in total. The molecule has 20 heavy (non-hydrogen) atoms. The average Bonchev–Trinajstić information content (AvgIpc) is 2.46. The summed E-state index contributed by atoms with van der Waals surface area (Å²) in [5, 5.41) is 2.85. The maximum Gasteiger partial charge on any atom is 0.270 e. The third kappa shape index (κ3) is 3.81. The molecule has 1 aromatic heterocycles. The molecule has 1 amide bonds. The van der Waals surface area contributed by atoms with Gasteiger partial charge in [-0.3, -0.25) is 4.79 Å². The van der Waals surface area contributed by atoms with Gasteiger partial charge in [0.1, 0.15) is 5.69 Å². The molecule has 1 heterocycles. The lowest BCUT2D eigenvalue weighted by Crippen LogP contribution is -2.23. The summed E-state index contributed by atoms with van der Waals surface area (Å²) in [5.41, 5.74) is 2.61. The lowest BCUT2D eigenvalue weighted by Gasteiger charge is -2.12. The van der Waals surface area contributed by atoms with Crippen LogP contribution in [0, 0.1) is 0 Å². The highest BCUT2D eigenvalue weighted by atomic mass is 79.9. The Morgan fingerprint density at radius 3 is 2.45 bits per heavy atom. The fraction of sp³-hybridized carbons (Fsp3) is 0.200. The van der Waals surface area contributed by atoms with Crippen molar-refractivity contribution >= 4 is 27.5 Å². The lowest BCUT2D eigenvalue weighted by molar-refractivity contribution is 0.0946. The Balaban J connectivity index is 1.94. The van der Waals surface area contributed by atoms with Gasteiger partial charge in [0.15, 0.2) is 0 Å². The van der Waals surface area contributed by atoms with Crippen LogP contribution in [0.4, 0.5) is 5.69 Å². The molecule has 0 unspecified atom stereocenters. The second-order valence-corrected chi connectivity index (χ2v) is 5.52. The van der Waals surface area contributed by atoms with Crippen molar-refractivity contribution < 1.29 is 4.79 Å². The summed E-state index contributed by atoms with van der Waals surface area (Å²) in [6, 6.07) is 11.6. The number of benzene rings is 1. The third-order valence-corrected chi connectivity index (χ3v) is 3.33. The number of pyridine rings is 1. The number of aromatic nitrogens is 1. The van der Waals surface area contributed by atoms with Crippen molar-refractivity contribution in [2.45, 2.75) is 6.54 Å². The molecule has 5 heteroatoms. The Morgan fingerprint density at radius 2 is 1.90 bits per heavy atom. The van der Waals surface area contributed by atoms with Crippen molar-refractivity contribution in [2.75, 3.05) is 19.0 Å². The van der Waals surface area contributed by atoms with E-state index in [-0.39, 0.29) is 5.91 Å². The Bertz CT molecular complexity index is 579. The van der Waals surface area contributed by atoms with Crippen LogP contribution in [-0.2, 0) is 6.54 Å². The molecule has 0 saturated heterocycles. The van der Waals surface area contributed by atoms with Gasteiger partial charge in [-0.25, -0.2) is 4.98 Å². The minimum atomic E-state index is -0.172. The third-order valence-electron chi connectivity index (χ3n) is 2.87. The maximum absolute atomic E-state index is 11.9. The van der Waals surface area contributed by atoms with Gasteiger partial charge in [-0.2, -0.15) is 0 Å². The van der Waals surface area contributed by atoms with Crippen molar-refractivity contribution in [1.82, 2.24) is 10.3 Å². The normalized spacial score (nSPS) is 10.2. The van der Waals surface area contributed by atoms with Gasteiger partial charge in [-0.1, -0.05) is 12.1 Å². The fourth-order valence-electron chi connectivity index (χ4n) is 1.69. The van der Waals surface area contributed by atoms with Crippen molar-refractivity contribution in [2.24, 2.45) is 0 Å². The van der Waals surface area contributed by atoms with E-state index in [4.69, 9.17) is 0 Å². The van der Waals surface area contributed by atoms with E-state index in [2.05, 4.69) is 26.2 Å². The molecule has 2 rings (SSSR count). The Morgan fingerprint density at radius 1 is 1.20 bits per heavy atom. The molecule has 1 aromatic carbocycles. The Labute approximate surface area is 127 Å². The highest BCUT2D eigenvalue weighted by Crippen LogP contribution is 2.12. The number of carbonyl (C=O) groups excluding carboxylic acids is 1. The topological polar surface area (TPSA) is 45.2 Å². The smallest absolute Gasteiger partial charge is 0.270 e. The lowest BCUT2D eigenvalue weighted by atomic mass is 10.2. The molecule has 0 aliphatic heterocycles. The molecule has 0 radical (unpaired) electrons. The van der Waals surface area contributed by atoms with E-state index in [0.29, 0.717) is 12.2 Å².